The third kappa shape index (κ3) is 4.73. The van der Waals surface area contributed by atoms with Crippen molar-refractivity contribution in [2.75, 3.05) is 5.32 Å². The standard InChI is InChI=1S/C26H26N4O5S/c1-16-10-12-21(17(2)14-16)27-24(31)23(18-8-6-5-7-9-18)28-36(34,35)19-11-13-22-20(15-19)25(32)30(4)26(33)29(22)3/h5-15,23,28H,1-4H3,(H,27,31). The molecule has 4 aromatic rings. The Hall–Kier alpha value is -4.02. The predicted octanol–water partition coefficient (Wildman–Crippen LogP) is 2.51. The molecule has 36 heavy (non-hydrogen) atoms. The summed E-state index contributed by atoms with van der Waals surface area (Å²) in [4.78, 5) is 38.0. The van der Waals surface area contributed by atoms with E-state index < -0.39 is 33.2 Å². The van der Waals surface area contributed by atoms with Crippen LogP contribution in [0.15, 0.2) is 81.2 Å². The number of hydrogen-bond acceptors (Lipinski definition) is 5. The molecular weight excluding hydrogens is 480 g/mol. The quantitative estimate of drug-likeness (QED) is 0.417. The van der Waals surface area contributed by atoms with Crippen LogP contribution in [0.25, 0.3) is 10.9 Å². The number of aromatic nitrogens is 2. The summed E-state index contributed by atoms with van der Waals surface area (Å²) in [7, 11) is -1.43. The molecule has 1 atom stereocenters. The summed E-state index contributed by atoms with van der Waals surface area (Å²) < 4.78 is 31.5. The van der Waals surface area contributed by atoms with Crippen molar-refractivity contribution in [2.24, 2.45) is 14.1 Å². The van der Waals surface area contributed by atoms with Crippen LogP contribution in [0.2, 0.25) is 0 Å². The normalized spacial score (nSPS) is 12.4. The minimum atomic E-state index is -4.25. The fourth-order valence-corrected chi connectivity index (χ4v) is 5.25. The molecule has 1 aromatic heterocycles. The molecule has 1 amide bonds. The zero-order chi connectivity index (χ0) is 26.2. The molecule has 1 heterocycles. The van der Waals surface area contributed by atoms with Crippen molar-refractivity contribution in [1.29, 1.82) is 0 Å². The van der Waals surface area contributed by atoms with Gasteiger partial charge in [-0.25, -0.2) is 13.2 Å². The molecular formula is C26H26N4O5S. The molecule has 0 spiro atoms. The van der Waals surface area contributed by atoms with E-state index in [0.29, 0.717) is 16.8 Å². The van der Waals surface area contributed by atoms with Gasteiger partial charge < -0.3 is 5.32 Å². The van der Waals surface area contributed by atoms with Crippen LogP contribution in [0.1, 0.15) is 22.7 Å². The van der Waals surface area contributed by atoms with Crippen molar-refractivity contribution in [3.05, 3.63) is 104 Å². The number of fused-ring (bicyclic) bond motifs is 1. The second-order valence-corrected chi connectivity index (χ2v) is 10.4. The molecule has 1 unspecified atom stereocenters. The van der Waals surface area contributed by atoms with Gasteiger partial charge in [0.05, 0.1) is 15.8 Å². The lowest BCUT2D eigenvalue weighted by Crippen LogP contribution is -2.38. The Bertz CT molecular complexity index is 1710. The van der Waals surface area contributed by atoms with Gasteiger partial charge in [-0.1, -0.05) is 48.0 Å². The summed E-state index contributed by atoms with van der Waals surface area (Å²) in [5.41, 5.74) is 2.06. The van der Waals surface area contributed by atoms with Crippen molar-refractivity contribution in [3.8, 4) is 0 Å². The Labute approximate surface area is 208 Å². The third-order valence-corrected chi connectivity index (χ3v) is 7.48. The first-order valence-electron chi connectivity index (χ1n) is 11.1. The van der Waals surface area contributed by atoms with E-state index in [9.17, 15) is 22.8 Å². The van der Waals surface area contributed by atoms with Gasteiger partial charge in [0.25, 0.3) is 5.56 Å². The zero-order valence-electron chi connectivity index (χ0n) is 20.3. The van der Waals surface area contributed by atoms with E-state index in [1.807, 2.05) is 26.0 Å². The largest absolute Gasteiger partial charge is 0.330 e. The maximum Gasteiger partial charge on any atom is 0.330 e. The summed E-state index contributed by atoms with van der Waals surface area (Å²) in [5.74, 6) is -0.559. The summed E-state index contributed by atoms with van der Waals surface area (Å²) in [6, 6.07) is 16.7. The van der Waals surface area contributed by atoms with E-state index in [1.54, 1.807) is 36.4 Å². The van der Waals surface area contributed by atoms with Gasteiger partial charge in [-0.05, 0) is 49.2 Å². The maximum absolute atomic E-state index is 13.4. The second kappa shape index (κ2) is 9.56. The van der Waals surface area contributed by atoms with E-state index in [0.717, 1.165) is 15.7 Å². The molecule has 3 aromatic carbocycles. The molecule has 0 fully saturated rings. The van der Waals surface area contributed by atoms with E-state index >= 15 is 0 Å². The first-order valence-corrected chi connectivity index (χ1v) is 12.6. The van der Waals surface area contributed by atoms with Crippen LogP contribution in [-0.2, 0) is 28.9 Å². The van der Waals surface area contributed by atoms with Crippen molar-refractivity contribution in [3.63, 3.8) is 0 Å². The molecule has 9 nitrogen and oxygen atoms in total. The van der Waals surface area contributed by atoms with Gasteiger partial charge >= 0.3 is 5.69 Å². The number of nitrogens with one attached hydrogen (secondary N) is 2. The minimum Gasteiger partial charge on any atom is -0.324 e. The summed E-state index contributed by atoms with van der Waals surface area (Å²) in [5, 5.41) is 2.88. The van der Waals surface area contributed by atoms with Crippen LogP contribution < -0.4 is 21.3 Å². The maximum atomic E-state index is 13.4. The highest BCUT2D eigenvalue weighted by Crippen LogP contribution is 2.23. The zero-order valence-corrected chi connectivity index (χ0v) is 21.1. The average molecular weight is 507 g/mol. The molecule has 4 rings (SSSR count). The van der Waals surface area contributed by atoms with E-state index in [1.165, 1.54) is 36.9 Å². The van der Waals surface area contributed by atoms with Crippen LogP contribution in [0.3, 0.4) is 0 Å². The van der Waals surface area contributed by atoms with Crippen LogP contribution in [0.4, 0.5) is 5.69 Å². The van der Waals surface area contributed by atoms with Gasteiger partial charge in [0, 0.05) is 19.8 Å². The highest BCUT2D eigenvalue weighted by Gasteiger charge is 2.28. The van der Waals surface area contributed by atoms with Gasteiger partial charge in [-0.3, -0.25) is 18.7 Å². The number of carbonyl (C=O) groups is 1. The highest BCUT2D eigenvalue weighted by molar-refractivity contribution is 7.89. The highest BCUT2D eigenvalue weighted by atomic mass is 32.2. The first-order chi connectivity index (χ1) is 17.0. The molecule has 0 aliphatic heterocycles. The van der Waals surface area contributed by atoms with Crippen molar-refractivity contribution >= 4 is 32.5 Å². The van der Waals surface area contributed by atoms with Crippen LogP contribution in [0, 0.1) is 13.8 Å². The minimum absolute atomic E-state index is 0.0680. The number of nitrogens with zero attached hydrogens (tertiary/aromatic N) is 2. The first kappa shape index (κ1) is 25.1. The molecule has 0 aliphatic rings. The number of amides is 1. The van der Waals surface area contributed by atoms with Crippen molar-refractivity contribution in [2.45, 2.75) is 24.8 Å². The number of rotatable bonds is 6. The second-order valence-electron chi connectivity index (χ2n) is 8.66. The number of aryl methyl sites for hydroxylation is 3. The molecule has 0 saturated carbocycles. The molecule has 10 heteroatoms. The Morgan fingerprint density at radius 3 is 2.25 bits per heavy atom. The molecule has 0 bridgehead atoms. The monoisotopic (exact) mass is 506 g/mol. The van der Waals surface area contributed by atoms with Gasteiger partial charge in [0.1, 0.15) is 6.04 Å². The van der Waals surface area contributed by atoms with Crippen molar-refractivity contribution < 1.29 is 13.2 Å². The summed E-state index contributed by atoms with van der Waals surface area (Å²) in [6.07, 6.45) is 0. The van der Waals surface area contributed by atoms with Crippen LogP contribution in [-0.4, -0.2) is 23.5 Å². The Morgan fingerprint density at radius 2 is 1.58 bits per heavy atom. The Morgan fingerprint density at radius 1 is 0.889 bits per heavy atom. The lowest BCUT2D eigenvalue weighted by molar-refractivity contribution is -0.117. The average Bonchev–Trinajstić information content (AvgIpc) is 2.86. The van der Waals surface area contributed by atoms with E-state index in [-0.39, 0.29) is 10.3 Å². The SMILES string of the molecule is Cc1ccc(NC(=O)C(NS(=O)(=O)c2ccc3c(c2)c(=O)n(C)c(=O)n3C)c2ccccc2)c(C)c1. The lowest BCUT2D eigenvalue weighted by Gasteiger charge is -2.20. The Balaban J connectivity index is 1.75. The number of anilines is 1. The third-order valence-electron chi connectivity index (χ3n) is 6.06. The smallest absolute Gasteiger partial charge is 0.324 e. The van der Waals surface area contributed by atoms with Gasteiger partial charge in [-0.2, -0.15) is 4.72 Å². The van der Waals surface area contributed by atoms with E-state index in [4.69, 9.17) is 0 Å². The van der Waals surface area contributed by atoms with Crippen molar-refractivity contribution in [1.82, 2.24) is 13.9 Å². The topological polar surface area (TPSA) is 119 Å². The van der Waals surface area contributed by atoms with Gasteiger partial charge in [0.2, 0.25) is 15.9 Å². The van der Waals surface area contributed by atoms with E-state index in [2.05, 4.69) is 10.0 Å². The molecule has 0 aliphatic carbocycles. The van der Waals surface area contributed by atoms with Crippen LogP contribution >= 0.6 is 0 Å². The molecule has 2 N–H and O–H groups in total. The number of carbonyl (C=O) groups excluding carboxylic acids is 1. The lowest BCUT2D eigenvalue weighted by atomic mass is 10.1. The van der Waals surface area contributed by atoms with Crippen LogP contribution in [0.5, 0.6) is 0 Å². The molecule has 0 saturated heterocycles. The molecule has 0 radical (unpaired) electrons. The molecule has 186 valence electrons. The fourth-order valence-electron chi connectivity index (χ4n) is 4.04. The number of sulfonamides is 1. The Kier molecular flexibility index (Phi) is 6.66. The predicted molar refractivity (Wildman–Crippen MR) is 138 cm³/mol. The summed E-state index contributed by atoms with van der Waals surface area (Å²) >= 11 is 0. The summed E-state index contributed by atoms with van der Waals surface area (Å²) in [6.45, 7) is 3.79. The number of benzene rings is 3. The van der Waals surface area contributed by atoms with Gasteiger partial charge in [-0.15, -0.1) is 0 Å². The van der Waals surface area contributed by atoms with Gasteiger partial charge in [0.15, 0.2) is 0 Å². The fraction of sp³-hybridized carbons (Fsp3) is 0.192. The number of hydrogen-bond donors (Lipinski definition) is 2.